The summed E-state index contributed by atoms with van der Waals surface area (Å²) in [6.45, 7) is 10.3. The SMILES string of the molecule is CC(C)n1c[n+](C(C)C)c2ccc(OCCCCCCCCCCCCN=[N+]=[N-])cc21.[I-]. The molecule has 0 unspecified atom stereocenters. The van der Waals surface area contributed by atoms with Gasteiger partial charge in [-0.1, -0.05) is 56.5 Å². The number of benzene rings is 1. The third-order valence-corrected chi connectivity index (χ3v) is 5.85. The first-order valence-corrected chi connectivity index (χ1v) is 12.2. The number of unbranched alkanes of at least 4 members (excludes halogenated alkanes) is 9. The number of hydrogen-bond acceptors (Lipinski definition) is 2. The van der Waals surface area contributed by atoms with Crippen LogP contribution >= 0.6 is 0 Å². The van der Waals surface area contributed by atoms with Gasteiger partial charge >= 0.3 is 0 Å². The zero-order valence-corrected chi connectivity index (χ0v) is 22.6. The van der Waals surface area contributed by atoms with Crippen LogP contribution in [-0.2, 0) is 0 Å². The summed E-state index contributed by atoms with van der Waals surface area (Å²) in [5.41, 5.74) is 10.8. The zero-order valence-electron chi connectivity index (χ0n) is 20.5. The lowest BCUT2D eigenvalue weighted by Gasteiger charge is -2.07. The lowest BCUT2D eigenvalue weighted by molar-refractivity contribution is -0.692. The Morgan fingerprint density at radius 2 is 1.53 bits per heavy atom. The molecule has 0 amide bonds. The fraction of sp³-hybridized carbons (Fsp3) is 0.720. The summed E-state index contributed by atoms with van der Waals surface area (Å²) in [6, 6.07) is 7.37. The molecule has 1 aromatic heterocycles. The van der Waals surface area contributed by atoms with E-state index < -0.39 is 0 Å². The van der Waals surface area contributed by atoms with Gasteiger partial charge in [0.05, 0.1) is 18.7 Å². The maximum absolute atomic E-state index is 8.23. The van der Waals surface area contributed by atoms with Crippen molar-refractivity contribution < 1.29 is 33.3 Å². The summed E-state index contributed by atoms with van der Waals surface area (Å²) in [6.07, 6.45) is 14.6. The van der Waals surface area contributed by atoms with Crippen LogP contribution in [0.15, 0.2) is 29.6 Å². The summed E-state index contributed by atoms with van der Waals surface area (Å²) >= 11 is 0. The van der Waals surface area contributed by atoms with Crippen LogP contribution in [-0.4, -0.2) is 17.7 Å². The molecule has 0 saturated heterocycles. The Bertz CT molecular complexity index is 827. The van der Waals surface area contributed by atoms with E-state index in [1.165, 1.54) is 62.4 Å². The minimum absolute atomic E-state index is 0. The third-order valence-electron chi connectivity index (χ3n) is 5.85. The van der Waals surface area contributed by atoms with Gasteiger partial charge in [0.25, 0.3) is 0 Å². The molecule has 0 spiro atoms. The molecule has 0 aliphatic carbocycles. The number of imidazole rings is 1. The highest BCUT2D eigenvalue weighted by molar-refractivity contribution is 5.74. The number of hydrogen-bond donors (Lipinski definition) is 0. The van der Waals surface area contributed by atoms with Crippen LogP contribution in [0.2, 0.25) is 0 Å². The molecular formula is C25H42IN5O. The predicted molar refractivity (Wildman–Crippen MR) is 129 cm³/mol. The molecule has 1 aromatic carbocycles. The van der Waals surface area contributed by atoms with Crippen LogP contribution in [0.5, 0.6) is 5.75 Å². The van der Waals surface area contributed by atoms with E-state index in [2.05, 4.69) is 71.4 Å². The average molecular weight is 556 g/mol. The van der Waals surface area contributed by atoms with Gasteiger partial charge in [0.15, 0.2) is 11.0 Å². The average Bonchev–Trinajstić information content (AvgIpc) is 3.13. The van der Waals surface area contributed by atoms with E-state index in [0.717, 1.165) is 25.2 Å². The van der Waals surface area contributed by atoms with Gasteiger partial charge in [0, 0.05) is 17.5 Å². The summed E-state index contributed by atoms with van der Waals surface area (Å²) < 4.78 is 10.7. The number of ether oxygens (including phenoxy) is 1. The van der Waals surface area contributed by atoms with Crippen molar-refractivity contribution in [3.05, 3.63) is 35.0 Å². The summed E-state index contributed by atoms with van der Waals surface area (Å²) in [4.78, 5) is 2.78. The van der Waals surface area contributed by atoms with Crippen LogP contribution in [0.25, 0.3) is 21.5 Å². The Hall–Kier alpha value is -1.47. The molecule has 0 N–H and O–H groups in total. The highest BCUT2D eigenvalue weighted by Crippen LogP contribution is 2.23. The zero-order chi connectivity index (χ0) is 22.5. The third kappa shape index (κ3) is 9.57. The van der Waals surface area contributed by atoms with E-state index in [1.54, 1.807) is 0 Å². The Labute approximate surface area is 211 Å². The Morgan fingerprint density at radius 3 is 2.09 bits per heavy atom. The first-order valence-electron chi connectivity index (χ1n) is 12.2. The van der Waals surface area contributed by atoms with E-state index in [-0.39, 0.29) is 24.0 Å². The standard InChI is InChI=1S/C25H42N5O.HI/c1-21(2)29-20-30(22(3)4)25-19-23(15-16-24(25)29)31-18-14-12-10-8-6-5-7-9-11-13-17-27-28-26;/h15-16,19-22H,5-14,17-18H2,1-4H3;1H/q+1;/p-1. The van der Waals surface area contributed by atoms with Crippen molar-refractivity contribution in [1.82, 2.24) is 4.57 Å². The van der Waals surface area contributed by atoms with E-state index in [9.17, 15) is 0 Å². The molecule has 1 heterocycles. The monoisotopic (exact) mass is 555 g/mol. The van der Waals surface area contributed by atoms with E-state index >= 15 is 0 Å². The number of rotatable bonds is 16. The quantitative estimate of drug-likeness (QED) is 0.0741. The van der Waals surface area contributed by atoms with E-state index in [4.69, 9.17) is 10.3 Å². The van der Waals surface area contributed by atoms with Gasteiger partial charge in [-0.05, 0) is 58.2 Å². The van der Waals surface area contributed by atoms with Crippen LogP contribution in [0.3, 0.4) is 0 Å². The van der Waals surface area contributed by atoms with Crippen molar-refractivity contribution >= 4 is 11.0 Å². The molecule has 180 valence electrons. The van der Waals surface area contributed by atoms with Gasteiger partial charge in [0.2, 0.25) is 6.33 Å². The molecule has 0 bridgehead atoms. The second-order valence-corrected chi connectivity index (χ2v) is 9.11. The number of aromatic nitrogens is 2. The van der Waals surface area contributed by atoms with Gasteiger partial charge in [-0.2, -0.15) is 0 Å². The Kier molecular flexibility index (Phi) is 14.5. The van der Waals surface area contributed by atoms with Crippen LogP contribution in [0, 0.1) is 0 Å². The largest absolute Gasteiger partial charge is 1.00 e. The van der Waals surface area contributed by atoms with Crippen molar-refractivity contribution in [2.45, 2.75) is 104 Å². The lowest BCUT2D eigenvalue weighted by atomic mass is 10.1. The van der Waals surface area contributed by atoms with Crippen molar-refractivity contribution in [2.75, 3.05) is 13.2 Å². The summed E-state index contributed by atoms with van der Waals surface area (Å²) in [5.74, 6) is 0.976. The second-order valence-electron chi connectivity index (χ2n) is 9.11. The van der Waals surface area contributed by atoms with Crippen molar-refractivity contribution in [3.63, 3.8) is 0 Å². The molecule has 32 heavy (non-hydrogen) atoms. The van der Waals surface area contributed by atoms with E-state index in [0.29, 0.717) is 18.6 Å². The molecule has 2 aromatic rings. The van der Waals surface area contributed by atoms with Gasteiger partial charge in [-0.25, -0.2) is 9.13 Å². The van der Waals surface area contributed by atoms with Gasteiger partial charge in [0.1, 0.15) is 5.75 Å². The van der Waals surface area contributed by atoms with Gasteiger partial charge in [-0.3, -0.25) is 0 Å². The fourth-order valence-electron chi connectivity index (χ4n) is 4.03. The highest BCUT2D eigenvalue weighted by atomic mass is 127. The highest BCUT2D eigenvalue weighted by Gasteiger charge is 2.20. The summed E-state index contributed by atoms with van der Waals surface area (Å²) in [5, 5.41) is 3.57. The van der Waals surface area contributed by atoms with Crippen molar-refractivity contribution in [2.24, 2.45) is 5.11 Å². The molecule has 7 heteroatoms. The van der Waals surface area contributed by atoms with Gasteiger partial charge in [-0.15, -0.1) is 0 Å². The van der Waals surface area contributed by atoms with Crippen LogP contribution < -0.4 is 33.3 Å². The van der Waals surface area contributed by atoms with Crippen molar-refractivity contribution in [3.8, 4) is 5.75 Å². The molecule has 0 atom stereocenters. The normalized spacial score (nSPS) is 11.1. The first kappa shape index (κ1) is 28.6. The second kappa shape index (κ2) is 16.2. The maximum atomic E-state index is 8.23. The molecule has 0 aliphatic heterocycles. The molecule has 0 fully saturated rings. The minimum Gasteiger partial charge on any atom is -1.00 e. The lowest BCUT2D eigenvalue weighted by Crippen LogP contribution is -3.00. The predicted octanol–water partition coefficient (Wildman–Crippen LogP) is 4.68. The van der Waals surface area contributed by atoms with Gasteiger partial charge < -0.3 is 28.7 Å². The molecule has 0 aliphatic rings. The minimum atomic E-state index is 0. The fourth-order valence-corrected chi connectivity index (χ4v) is 4.03. The molecule has 2 rings (SSSR count). The maximum Gasteiger partial charge on any atom is 0.245 e. The number of halogens is 1. The molecule has 0 radical (unpaired) electrons. The van der Waals surface area contributed by atoms with Crippen LogP contribution in [0.1, 0.15) is 104 Å². The number of fused-ring (bicyclic) bond motifs is 1. The smallest absolute Gasteiger partial charge is 0.245 e. The van der Waals surface area contributed by atoms with Crippen molar-refractivity contribution in [1.29, 1.82) is 0 Å². The topological polar surface area (TPSA) is 66.8 Å². The molecule has 6 nitrogen and oxygen atoms in total. The van der Waals surface area contributed by atoms with Crippen LogP contribution in [0.4, 0.5) is 0 Å². The van der Waals surface area contributed by atoms with E-state index in [1.807, 2.05) is 0 Å². The molecular weight excluding hydrogens is 513 g/mol. The summed E-state index contributed by atoms with van der Waals surface area (Å²) in [7, 11) is 0. The number of nitrogens with zero attached hydrogens (tertiary/aromatic N) is 5. The number of azide groups is 1. The Morgan fingerprint density at radius 1 is 0.938 bits per heavy atom. The Balaban J connectivity index is 0.00000512. The first-order chi connectivity index (χ1) is 15.0. The molecule has 0 saturated carbocycles.